The van der Waals surface area contributed by atoms with Gasteiger partial charge in [0.25, 0.3) is 5.91 Å². The smallest absolute Gasteiger partial charge is 0.329 e. The number of ether oxygens (including phenoxy) is 1. The van der Waals surface area contributed by atoms with E-state index in [1.165, 1.54) is 24.4 Å². The topological polar surface area (TPSA) is 138 Å². The highest BCUT2D eigenvalue weighted by Gasteiger charge is 2.36. The molecule has 0 radical (unpaired) electrons. The minimum atomic E-state index is -0.595. The molecule has 0 aliphatic carbocycles. The molecule has 4 rings (SSSR count). The molecule has 2 aromatic heterocycles. The number of aromatic amines is 1. The number of rotatable bonds is 4. The van der Waals surface area contributed by atoms with Gasteiger partial charge in [-0.3, -0.25) is 14.9 Å². The van der Waals surface area contributed by atoms with Gasteiger partial charge in [-0.1, -0.05) is 11.3 Å². The van der Waals surface area contributed by atoms with E-state index in [9.17, 15) is 19.5 Å². The second-order valence-electron chi connectivity index (χ2n) is 8.46. The van der Waals surface area contributed by atoms with Crippen LogP contribution >= 0.6 is 11.3 Å². The van der Waals surface area contributed by atoms with Crippen LogP contribution in [0.5, 0.6) is 5.75 Å². The van der Waals surface area contributed by atoms with Gasteiger partial charge in [-0.05, 0) is 45.7 Å². The maximum atomic E-state index is 12.7. The summed E-state index contributed by atoms with van der Waals surface area (Å²) in [4.78, 5) is 41.8. The van der Waals surface area contributed by atoms with E-state index in [1.54, 1.807) is 0 Å². The number of carbonyl (C=O) groups is 2. The lowest BCUT2D eigenvalue weighted by Crippen LogP contribution is -2.40. The van der Waals surface area contributed by atoms with Crippen LogP contribution in [0.3, 0.4) is 0 Å². The molecule has 1 saturated heterocycles. The van der Waals surface area contributed by atoms with Crippen LogP contribution in [0.4, 0.5) is 10.3 Å². The zero-order valence-corrected chi connectivity index (χ0v) is 18.7. The number of phenolic OH excluding ortho intramolecular Hbond substituents is 1. The Kier molecular flexibility index (Phi) is 5.59. The molecule has 3 N–H and O–H groups in total. The molecule has 1 aliphatic heterocycles. The Hall–Kier alpha value is -3.47. The van der Waals surface area contributed by atoms with Crippen molar-refractivity contribution in [2.24, 2.45) is 0 Å². The summed E-state index contributed by atoms with van der Waals surface area (Å²) in [5.74, 6) is -1.24. The van der Waals surface area contributed by atoms with Crippen molar-refractivity contribution in [1.29, 1.82) is 0 Å². The Balaban J connectivity index is 1.52. The largest absolute Gasteiger partial charge is 0.505 e. The number of anilines is 2. The summed E-state index contributed by atoms with van der Waals surface area (Å²) >= 11 is 1.13. The van der Waals surface area contributed by atoms with Crippen LogP contribution in [0, 0.1) is 0 Å². The van der Waals surface area contributed by atoms with Gasteiger partial charge < -0.3 is 19.7 Å². The first-order valence-electron chi connectivity index (χ1n) is 10.1. The van der Waals surface area contributed by atoms with Crippen LogP contribution in [0.15, 0.2) is 29.2 Å². The number of fused-ring (bicyclic) bond motifs is 1. The van der Waals surface area contributed by atoms with Crippen molar-refractivity contribution >= 4 is 44.4 Å². The van der Waals surface area contributed by atoms with E-state index in [2.05, 4.69) is 20.5 Å². The average molecular weight is 458 g/mol. The third-order valence-corrected chi connectivity index (χ3v) is 5.84. The van der Waals surface area contributed by atoms with Gasteiger partial charge in [0.1, 0.15) is 11.6 Å². The highest BCUT2D eigenvalue weighted by atomic mass is 32.1. The predicted molar refractivity (Wildman–Crippen MR) is 120 cm³/mol. The number of phenols is 1. The molecule has 1 fully saturated rings. The average Bonchev–Trinajstić information content (AvgIpc) is 3.36. The van der Waals surface area contributed by atoms with Crippen LogP contribution in [0.1, 0.15) is 44.0 Å². The van der Waals surface area contributed by atoms with E-state index in [0.717, 1.165) is 17.8 Å². The second kappa shape index (κ2) is 8.23. The van der Waals surface area contributed by atoms with Crippen molar-refractivity contribution in [3.8, 4) is 5.75 Å². The molecule has 168 valence electrons. The molecule has 1 atom stereocenters. The second-order valence-corrected chi connectivity index (χ2v) is 9.41. The lowest BCUT2D eigenvalue weighted by Gasteiger charge is -2.26. The number of amides is 1. The maximum absolute atomic E-state index is 12.7. The summed E-state index contributed by atoms with van der Waals surface area (Å²) < 4.78 is 5.51. The normalized spacial score (nSPS) is 16.3. The van der Waals surface area contributed by atoms with Crippen LogP contribution in [-0.2, 0) is 9.53 Å². The molecule has 1 amide bonds. The molecule has 32 heavy (non-hydrogen) atoms. The van der Waals surface area contributed by atoms with Gasteiger partial charge in [-0.15, -0.1) is 10.2 Å². The van der Waals surface area contributed by atoms with E-state index >= 15 is 0 Å². The number of esters is 1. The van der Waals surface area contributed by atoms with E-state index < -0.39 is 17.6 Å². The van der Waals surface area contributed by atoms with Gasteiger partial charge in [0, 0.05) is 24.2 Å². The summed E-state index contributed by atoms with van der Waals surface area (Å²) in [5, 5.41) is 22.2. The van der Waals surface area contributed by atoms with Crippen molar-refractivity contribution < 1.29 is 19.4 Å². The number of hydrogen-bond acceptors (Lipinski definition) is 9. The van der Waals surface area contributed by atoms with Crippen molar-refractivity contribution in [2.75, 3.05) is 16.8 Å². The highest BCUT2D eigenvalue weighted by Crippen LogP contribution is 2.32. The summed E-state index contributed by atoms with van der Waals surface area (Å²) in [6, 6.07) is 3.74. The Morgan fingerprint density at radius 2 is 2.06 bits per heavy atom. The van der Waals surface area contributed by atoms with Crippen molar-refractivity contribution in [1.82, 2.24) is 15.2 Å². The molecular formula is C21H23N5O5S. The van der Waals surface area contributed by atoms with Crippen molar-refractivity contribution in [3.63, 3.8) is 0 Å². The van der Waals surface area contributed by atoms with Crippen molar-refractivity contribution in [2.45, 2.75) is 45.3 Å². The number of aromatic hydroxyl groups is 1. The molecule has 1 aliphatic rings. The minimum Gasteiger partial charge on any atom is -0.505 e. The molecule has 1 aromatic carbocycles. The molecule has 0 bridgehead atoms. The van der Waals surface area contributed by atoms with Crippen LogP contribution < -0.4 is 15.6 Å². The number of aromatic nitrogens is 3. The monoisotopic (exact) mass is 457 g/mol. The van der Waals surface area contributed by atoms with Gasteiger partial charge in [-0.2, -0.15) is 0 Å². The Bertz CT molecular complexity index is 1250. The number of nitrogens with one attached hydrogen (secondary N) is 2. The summed E-state index contributed by atoms with van der Waals surface area (Å²) in [7, 11) is 0. The van der Waals surface area contributed by atoms with Crippen LogP contribution in [0.25, 0.3) is 10.9 Å². The predicted octanol–water partition coefficient (Wildman–Crippen LogP) is 2.65. The number of H-pyrrole nitrogens is 1. The summed E-state index contributed by atoms with van der Waals surface area (Å²) in [5.41, 5.74) is -0.679. The number of benzene rings is 1. The number of hydrogen-bond donors (Lipinski definition) is 3. The molecule has 10 nitrogen and oxygen atoms in total. The quantitative estimate of drug-likeness (QED) is 0.509. The molecule has 0 spiro atoms. The van der Waals surface area contributed by atoms with E-state index in [1.807, 2.05) is 25.7 Å². The van der Waals surface area contributed by atoms with Gasteiger partial charge in [-0.25, -0.2) is 4.79 Å². The fourth-order valence-corrected chi connectivity index (χ4v) is 4.39. The van der Waals surface area contributed by atoms with E-state index in [0.29, 0.717) is 18.1 Å². The first-order chi connectivity index (χ1) is 15.1. The van der Waals surface area contributed by atoms with Gasteiger partial charge in [0.05, 0.1) is 11.1 Å². The summed E-state index contributed by atoms with van der Waals surface area (Å²) in [6.07, 6.45) is 2.87. The molecule has 1 unspecified atom stereocenters. The number of carbonyl (C=O) groups excluding carboxylic acids is 2. The molecule has 3 heterocycles. The third-order valence-electron chi connectivity index (χ3n) is 4.96. The molecule has 11 heteroatoms. The first kappa shape index (κ1) is 21.8. The van der Waals surface area contributed by atoms with Gasteiger partial charge in [0.2, 0.25) is 10.3 Å². The zero-order valence-electron chi connectivity index (χ0n) is 17.8. The first-order valence-corrected chi connectivity index (χ1v) is 10.9. The Morgan fingerprint density at radius 1 is 1.28 bits per heavy atom. The fraction of sp³-hybridized carbons (Fsp3) is 0.381. The Labute approximate surface area is 187 Å². The third kappa shape index (κ3) is 4.28. The Morgan fingerprint density at radius 3 is 2.81 bits per heavy atom. The molecule has 0 saturated carbocycles. The van der Waals surface area contributed by atoms with Crippen LogP contribution in [-0.4, -0.2) is 50.4 Å². The van der Waals surface area contributed by atoms with E-state index in [-0.39, 0.29) is 38.7 Å². The fourth-order valence-electron chi connectivity index (χ4n) is 3.57. The lowest BCUT2D eigenvalue weighted by atomic mass is 10.1. The number of pyridine rings is 1. The van der Waals surface area contributed by atoms with Gasteiger partial charge in [0.15, 0.2) is 11.2 Å². The van der Waals surface area contributed by atoms with Crippen molar-refractivity contribution in [3.05, 3.63) is 40.2 Å². The van der Waals surface area contributed by atoms with E-state index in [4.69, 9.17) is 4.74 Å². The molecular weight excluding hydrogens is 434 g/mol. The van der Waals surface area contributed by atoms with Crippen LogP contribution in [0.2, 0.25) is 0 Å². The summed E-state index contributed by atoms with van der Waals surface area (Å²) in [6.45, 7) is 6.09. The standard InChI is InChI=1S/C21H23N5O5S/c1-21(2,3)31-18(30)13-5-4-10-26(13)20-25-24-19(32-20)23-17(29)12-7-6-11-14(27)8-9-22-15(11)16(12)28/h6-9,13,28H,4-5,10H2,1-3H3,(H,22,27)(H,23,24,29). The zero-order chi connectivity index (χ0) is 23.0. The highest BCUT2D eigenvalue weighted by molar-refractivity contribution is 7.19. The molecule has 3 aromatic rings. The maximum Gasteiger partial charge on any atom is 0.329 e. The minimum absolute atomic E-state index is 0.0103. The lowest BCUT2D eigenvalue weighted by molar-refractivity contribution is -0.156. The number of nitrogens with zero attached hydrogens (tertiary/aromatic N) is 3. The SMILES string of the molecule is CC(C)(C)OC(=O)C1CCCN1c1nnc(NC(=O)c2ccc3c(=O)cc[nH]c3c2O)s1. The van der Waals surface area contributed by atoms with Gasteiger partial charge >= 0.3 is 5.97 Å².